The molecule has 0 spiro atoms. The summed E-state index contributed by atoms with van der Waals surface area (Å²) in [6, 6.07) is 20.5. The van der Waals surface area contributed by atoms with Crippen molar-refractivity contribution in [2.75, 3.05) is 12.1 Å². The second-order valence-corrected chi connectivity index (χ2v) is 4.26. The zero-order valence-electron chi connectivity index (χ0n) is 10.5. The van der Waals surface area contributed by atoms with E-state index in [0.29, 0.717) is 0 Å². The van der Waals surface area contributed by atoms with Crippen molar-refractivity contribution in [3.8, 4) is 0 Å². The van der Waals surface area contributed by atoms with Gasteiger partial charge in [-0.25, -0.2) is 0 Å². The first kappa shape index (κ1) is 12.7. The number of anilines is 1. The summed E-state index contributed by atoms with van der Waals surface area (Å²) in [5, 5.41) is 0. The number of benzene rings is 2. The fourth-order valence-electron chi connectivity index (χ4n) is 1.79. The highest BCUT2D eigenvalue weighted by Gasteiger charge is 1.93. The number of aryl methyl sites for hydroxylation is 1. The van der Waals surface area contributed by atoms with Gasteiger partial charge in [-0.05, 0) is 37.0 Å². The van der Waals surface area contributed by atoms with Gasteiger partial charge in [0.15, 0.2) is 0 Å². The van der Waals surface area contributed by atoms with Crippen molar-refractivity contribution in [2.45, 2.75) is 19.3 Å². The summed E-state index contributed by atoms with van der Waals surface area (Å²) in [5.41, 5.74) is 5.34. The van der Waals surface area contributed by atoms with Crippen LogP contribution in [-0.4, -0.2) is 6.61 Å². The molecule has 2 aromatic rings. The van der Waals surface area contributed by atoms with Crippen LogP contribution < -0.4 is 5.48 Å². The fourth-order valence-corrected chi connectivity index (χ4v) is 1.79. The van der Waals surface area contributed by atoms with E-state index in [1.54, 1.807) is 0 Å². The van der Waals surface area contributed by atoms with Crippen LogP contribution >= 0.6 is 0 Å². The van der Waals surface area contributed by atoms with Gasteiger partial charge < -0.3 is 0 Å². The minimum atomic E-state index is 0.738. The quantitative estimate of drug-likeness (QED) is 0.583. The van der Waals surface area contributed by atoms with Crippen molar-refractivity contribution in [2.24, 2.45) is 0 Å². The third-order valence-electron chi connectivity index (χ3n) is 2.77. The number of unbranched alkanes of at least 4 members (excludes halogenated alkanes) is 1. The largest absolute Gasteiger partial charge is 0.276 e. The fraction of sp³-hybridized carbons (Fsp3) is 0.250. The summed E-state index contributed by atoms with van der Waals surface area (Å²) in [6.45, 7) is 0.738. The molecule has 0 heterocycles. The molecule has 18 heavy (non-hydrogen) atoms. The molecule has 0 fully saturated rings. The number of para-hydroxylation sites is 1. The molecule has 2 nitrogen and oxygen atoms in total. The van der Waals surface area contributed by atoms with E-state index in [1.807, 2.05) is 30.3 Å². The highest BCUT2D eigenvalue weighted by atomic mass is 16.6. The van der Waals surface area contributed by atoms with E-state index < -0.39 is 0 Å². The molecule has 0 bridgehead atoms. The van der Waals surface area contributed by atoms with Gasteiger partial charge in [-0.3, -0.25) is 10.3 Å². The predicted molar refractivity (Wildman–Crippen MR) is 75.4 cm³/mol. The molecule has 0 atom stereocenters. The lowest BCUT2D eigenvalue weighted by Gasteiger charge is -2.06. The molecule has 0 aliphatic rings. The Hall–Kier alpha value is -1.80. The number of hydrogen-bond acceptors (Lipinski definition) is 2. The third-order valence-corrected chi connectivity index (χ3v) is 2.77. The molecule has 2 heteroatoms. The molecule has 0 aliphatic heterocycles. The van der Waals surface area contributed by atoms with Crippen LogP contribution in [0.5, 0.6) is 0 Å². The molecule has 0 aliphatic carbocycles. The summed E-state index contributed by atoms with van der Waals surface area (Å²) in [7, 11) is 0. The SMILES string of the molecule is c1ccc(CCCCONc2ccccc2)cc1. The van der Waals surface area contributed by atoms with Crippen molar-refractivity contribution in [3.05, 3.63) is 66.2 Å². The maximum Gasteiger partial charge on any atom is 0.0746 e. The Morgan fingerprint density at radius 1 is 0.778 bits per heavy atom. The monoisotopic (exact) mass is 241 g/mol. The molecular formula is C16H19NO. The van der Waals surface area contributed by atoms with Gasteiger partial charge >= 0.3 is 0 Å². The average Bonchev–Trinajstić information content (AvgIpc) is 2.45. The van der Waals surface area contributed by atoms with Crippen molar-refractivity contribution in [1.82, 2.24) is 0 Å². The highest BCUT2D eigenvalue weighted by Crippen LogP contribution is 2.06. The highest BCUT2D eigenvalue weighted by molar-refractivity contribution is 5.39. The van der Waals surface area contributed by atoms with Crippen LogP contribution in [0.1, 0.15) is 18.4 Å². The molecule has 0 saturated carbocycles. The lowest BCUT2D eigenvalue weighted by atomic mass is 10.1. The Balaban J connectivity index is 1.54. The number of hydrogen-bond donors (Lipinski definition) is 1. The second kappa shape index (κ2) is 7.51. The molecule has 0 unspecified atom stereocenters. The number of nitrogens with one attached hydrogen (secondary N) is 1. The molecule has 0 amide bonds. The molecule has 0 aromatic heterocycles. The zero-order chi connectivity index (χ0) is 12.5. The maximum atomic E-state index is 5.41. The summed E-state index contributed by atoms with van der Waals surface area (Å²) in [6.07, 6.45) is 3.34. The first-order valence-corrected chi connectivity index (χ1v) is 6.42. The molecule has 2 rings (SSSR count). The van der Waals surface area contributed by atoms with Crippen molar-refractivity contribution in [1.29, 1.82) is 0 Å². The van der Waals surface area contributed by atoms with Crippen LogP contribution in [0.25, 0.3) is 0 Å². The topological polar surface area (TPSA) is 21.3 Å². The first-order valence-electron chi connectivity index (χ1n) is 6.42. The van der Waals surface area contributed by atoms with Crippen LogP contribution in [-0.2, 0) is 11.3 Å². The van der Waals surface area contributed by atoms with Crippen molar-refractivity contribution in [3.63, 3.8) is 0 Å². The Morgan fingerprint density at radius 3 is 2.17 bits per heavy atom. The smallest absolute Gasteiger partial charge is 0.0746 e. The summed E-state index contributed by atoms with van der Waals surface area (Å²) < 4.78 is 0. The molecular weight excluding hydrogens is 222 g/mol. The summed E-state index contributed by atoms with van der Waals surface area (Å²) >= 11 is 0. The predicted octanol–water partition coefficient (Wildman–Crippen LogP) is 4.05. The normalized spacial score (nSPS) is 10.2. The van der Waals surface area contributed by atoms with Gasteiger partial charge in [-0.2, -0.15) is 0 Å². The lowest BCUT2D eigenvalue weighted by Crippen LogP contribution is -2.03. The van der Waals surface area contributed by atoms with Crippen LogP contribution in [0.3, 0.4) is 0 Å². The van der Waals surface area contributed by atoms with Gasteiger partial charge in [0, 0.05) is 0 Å². The molecule has 1 N–H and O–H groups in total. The van der Waals surface area contributed by atoms with Crippen LogP contribution in [0.15, 0.2) is 60.7 Å². The van der Waals surface area contributed by atoms with E-state index in [4.69, 9.17) is 4.84 Å². The van der Waals surface area contributed by atoms with Gasteiger partial charge in [0.2, 0.25) is 0 Å². The van der Waals surface area contributed by atoms with E-state index in [2.05, 4.69) is 35.8 Å². The molecule has 2 aromatic carbocycles. The van der Waals surface area contributed by atoms with Gasteiger partial charge in [-0.1, -0.05) is 48.5 Å². The van der Waals surface area contributed by atoms with Gasteiger partial charge in [0.25, 0.3) is 0 Å². The van der Waals surface area contributed by atoms with E-state index >= 15 is 0 Å². The van der Waals surface area contributed by atoms with Crippen molar-refractivity contribution >= 4 is 5.69 Å². The Morgan fingerprint density at radius 2 is 1.44 bits per heavy atom. The van der Waals surface area contributed by atoms with E-state index in [1.165, 1.54) is 5.56 Å². The van der Waals surface area contributed by atoms with Crippen molar-refractivity contribution < 1.29 is 4.84 Å². The van der Waals surface area contributed by atoms with E-state index in [9.17, 15) is 0 Å². The van der Waals surface area contributed by atoms with Crippen LogP contribution in [0, 0.1) is 0 Å². The average molecular weight is 241 g/mol. The number of rotatable bonds is 7. The van der Waals surface area contributed by atoms with E-state index in [0.717, 1.165) is 31.6 Å². The summed E-state index contributed by atoms with van der Waals surface area (Å²) in [5.74, 6) is 0. The minimum absolute atomic E-state index is 0.738. The second-order valence-electron chi connectivity index (χ2n) is 4.26. The van der Waals surface area contributed by atoms with Crippen LogP contribution in [0.2, 0.25) is 0 Å². The third kappa shape index (κ3) is 4.60. The molecule has 0 radical (unpaired) electrons. The van der Waals surface area contributed by atoms with Gasteiger partial charge in [-0.15, -0.1) is 0 Å². The maximum absolute atomic E-state index is 5.41. The first-order chi connectivity index (χ1) is 8.95. The Labute approximate surface area is 109 Å². The lowest BCUT2D eigenvalue weighted by molar-refractivity contribution is 0.188. The van der Waals surface area contributed by atoms with E-state index in [-0.39, 0.29) is 0 Å². The molecule has 0 saturated heterocycles. The standard InChI is InChI=1S/C16H19NO/c1-3-9-15(10-4-1)11-7-8-14-18-17-16-12-5-2-6-13-16/h1-6,9-10,12-13,17H,7-8,11,14H2. The van der Waals surface area contributed by atoms with Crippen LogP contribution in [0.4, 0.5) is 5.69 Å². The molecule has 94 valence electrons. The Kier molecular flexibility index (Phi) is 5.28. The zero-order valence-corrected chi connectivity index (χ0v) is 10.5. The Bertz CT molecular complexity index is 384. The minimum Gasteiger partial charge on any atom is -0.276 e. The van der Waals surface area contributed by atoms with Gasteiger partial charge in [0.1, 0.15) is 0 Å². The summed E-state index contributed by atoms with van der Waals surface area (Å²) in [4.78, 5) is 5.41. The van der Waals surface area contributed by atoms with Gasteiger partial charge in [0.05, 0.1) is 12.3 Å².